The minimum absolute atomic E-state index is 0.745. The van der Waals surface area contributed by atoms with Crippen LogP contribution in [0.5, 0.6) is 5.75 Å². The van der Waals surface area contributed by atoms with Crippen molar-refractivity contribution in [2.75, 3.05) is 19.7 Å². The molecule has 22 heavy (non-hydrogen) atoms. The second-order valence-corrected chi connectivity index (χ2v) is 4.56. The van der Waals surface area contributed by atoms with Gasteiger partial charge in [0, 0.05) is 6.54 Å². The van der Waals surface area contributed by atoms with Gasteiger partial charge in [-0.15, -0.1) is 0 Å². The third-order valence-corrected chi connectivity index (χ3v) is 2.77. The summed E-state index contributed by atoms with van der Waals surface area (Å²) in [5.41, 5.74) is 1.36. The number of nitrogens with one attached hydrogen (secondary N) is 1. The van der Waals surface area contributed by atoms with E-state index in [4.69, 9.17) is 24.5 Å². The van der Waals surface area contributed by atoms with Crippen LogP contribution in [0.25, 0.3) is 0 Å². The Morgan fingerprint density at radius 1 is 1.05 bits per heavy atom. The number of unbranched alkanes of at least 4 members (excludes halogenated alkanes) is 1. The molecule has 6 nitrogen and oxygen atoms in total. The molecule has 6 heteroatoms. The Morgan fingerprint density at radius 3 is 2.09 bits per heavy atom. The molecule has 1 aromatic carbocycles. The molecule has 1 aromatic rings. The van der Waals surface area contributed by atoms with Gasteiger partial charge in [0.2, 0.25) is 0 Å². The van der Waals surface area contributed by atoms with E-state index < -0.39 is 11.9 Å². The third-order valence-electron chi connectivity index (χ3n) is 2.77. The summed E-state index contributed by atoms with van der Waals surface area (Å²) in [6, 6.07) is 8.34. The molecule has 0 aromatic heterocycles. The number of hydrogen-bond acceptors (Lipinski definition) is 4. The first-order valence-electron chi connectivity index (χ1n) is 7.39. The van der Waals surface area contributed by atoms with E-state index in [1.807, 2.05) is 12.1 Å². The van der Waals surface area contributed by atoms with Gasteiger partial charge in [-0.05, 0) is 37.1 Å². The van der Waals surface area contributed by atoms with Crippen molar-refractivity contribution in [2.45, 2.75) is 33.1 Å². The predicted molar refractivity (Wildman–Crippen MR) is 84.4 cm³/mol. The molecule has 0 bridgehead atoms. The topological polar surface area (TPSA) is 95.9 Å². The van der Waals surface area contributed by atoms with Crippen LogP contribution in [0.3, 0.4) is 0 Å². The van der Waals surface area contributed by atoms with Crippen LogP contribution in [0.2, 0.25) is 0 Å². The summed E-state index contributed by atoms with van der Waals surface area (Å²) in [5.74, 6) is -2.68. The quantitative estimate of drug-likeness (QED) is 0.503. The van der Waals surface area contributed by atoms with Gasteiger partial charge in [-0.2, -0.15) is 0 Å². The van der Waals surface area contributed by atoms with Gasteiger partial charge in [0.1, 0.15) is 12.4 Å². The van der Waals surface area contributed by atoms with Crippen LogP contribution in [0.1, 0.15) is 32.3 Å². The molecule has 124 valence electrons. The Morgan fingerprint density at radius 2 is 1.64 bits per heavy atom. The molecule has 0 aliphatic heterocycles. The Bertz CT molecular complexity index is 419. The van der Waals surface area contributed by atoms with E-state index in [9.17, 15) is 0 Å². The van der Waals surface area contributed by atoms with Crippen LogP contribution in [-0.2, 0) is 16.0 Å². The predicted octanol–water partition coefficient (Wildman–Crippen LogP) is 2.17. The Labute approximate surface area is 131 Å². The fourth-order valence-corrected chi connectivity index (χ4v) is 1.49. The fourth-order valence-electron chi connectivity index (χ4n) is 1.49. The molecule has 0 aliphatic carbocycles. The normalized spacial score (nSPS) is 9.55. The molecule has 0 aliphatic rings. The van der Waals surface area contributed by atoms with Gasteiger partial charge in [0.25, 0.3) is 0 Å². The molecule has 0 amide bonds. The van der Waals surface area contributed by atoms with E-state index in [-0.39, 0.29) is 0 Å². The zero-order valence-electron chi connectivity index (χ0n) is 13.2. The van der Waals surface area contributed by atoms with E-state index >= 15 is 0 Å². The zero-order valence-corrected chi connectivity index (χ0v) is 13.2. The average Bonchev–Trinajstić information content (AvgIpc) is 2.52. The highest BCUT2D eigenvalue weighted by atomic mass is 16.5. The molecular formula is C16H25NO5. The van der Waals surface area contributed by atoms with E-state index in [0.29, 0.717) is 0 Å². The lowest BCUT2D eigenvalue weighted by atomic mass is 10.2. The Hall–Kier alpha value is -2.08. The van der Waals surface area contributed by atoms with Crippen molar-refractivity contribution in [3.05, 3.63) is 29.8 Å². The number of benzene rings is 1. The first kappa shape index (κ1) is 19.9. The van der Waals surface area contributed by atoms with Crippen molar-refractivity contribution in [1.82, 2.24) is 5.32 Å². The van der Waals surface area contributed by atoms with Crippen molar-refractivity contribution in [3.63, 3.8) is 0 Å². The van der Waals surface area contributed by atoms with Gasteiger partial charge in [0.05, 0.1) is 0 Å². The SMILES string of the molecule is CCCCNCCOc1ccc(CC)cc1.O=C(O)C(=O)O. The molecule has 0 spiro atoms. The smallest absolute Gasteiger partial charge is 0.414 e. The van der Waals surface area contributed by atoms with Gasteiger partial charge >= 0.3 is 11.9 Å². The lowest BCUT2D eigenvalue weighted by Gasteiger charge is -2.07. The fraction of sp³-hybridized carbons (Fsp3) is 0.500. The average molecular weight is 311 g/mol. The van der Waals surface area contributed by atoms with Crippen molar-refractivity contribution < 1.29 is 24.5 Å². The largest absolute Gasteiger partial charge is 0.492 e. The van der Waals surface area contributed by atoms with Crippen molar-refractivity contribution in [1.29, 1.82) is 0 Å². The van der Waals surface area contributed by atoms with Crippen molar-refractivity contribution in [2.24, 2.45) is 0 Å². The van der Waals surface area contributed by atoms with Crippen LogP contribution >= 0.6 is 0 Å². The number of carboxylic acids is 2. The van der Waals surface area contributed by atoms with Gasteiger partial charge in [-0.25, -0.2) is 9.59 Å². The Kier molecular flexibility index (Phi) is 11.4. The monoisotopic (exact) mass is 311 g/mol. The number of rotatable bonds is 8. The van der Waals surface area contributed by atoms with E-state index in [2.05, 4.69) is 31.3 Å². The van der Waals surface area contributed by atoms with Crippen LogP contribution in [0.15, 0.2) is 24.3 Å². The maximum atomic E-state index is 9.10. The number of hydrogen-bond donors (Lipinski definition) is 3. The summed E-state index contributed by atoms with van der Waals surface area (Å²) in [6.07, 6.45) is 3.57. The summed E-state index contributed by atoms with van der Waals surface area (Å²) in [4.78, 5) is 18.2. The molecule has 1 rings (SSSR count). The molecule has 0 atom stereocenters. The lowest BCUT2D eigenvalue weighted by molar-refractivity contribution is -0.159. The number of ether oxygens (including phenoxy) is 1. The number of aryl methyl sites for hydroxylation is 1. The van der Waals surface area contributed by atoms with Crippen LogP contribution in [0, 0.1) is 0 Å². The highest BCUT2D eigenvalue weighted by Crippen LogP contribution is 2.11. The lowest BCUT2D eigenvalue weighted by Crippen LogP contribution is -2.21. The van der Waals surface area contributed by atoms with Crippen molar-refractivity contribution >= 4 is 11.9 Å². The van der Waals surface area contributed by atoms with Gasteiger partial charge < -0.3 is 20.3 Å². The van der Waals surface area contributed by atoms with Gasteiger partial charge in [0.15, 0.2) is 0 Å². The van der Waals surface area contributed by atoms with E-state index in [0.717, 1.165) is 31.9 Å². The first-order valence-corrected chi connectivity index (χ1v) is 7.39. The van der Waals surface area contributed by atoms with E-state index in [1.54, 1.807) is 0 Å². The minimum Gasteiger partial charge on any atom is -0.492 e. The molecule has 0 heterocycles. The molecule has 0 saturated heterocycles. The summed E-state index contributed by atoms with van der Waals surface area (Å²) < 4.78 is 5.62. The third kappa shape index (κ3) is 10.7. The molecule has 0 fully saturated rings. The van der Waals surface area contributed by atoms with Gasteiger partial charge in [-0.1, -0.05) is 32.4 Å². The summed E-state index contributed by atoms with van der Waals surface area (Å²) in [5, 5.41) is 18.1. The summed E-state index contributed by atoms with van der Waals surface area (Å²) in [7, 11) is 0. The van der Waals surface area contributed by atoms with Crippen LogP contribution < -0.4 is 10.1 Å². The summed E-state index contributed by atoms with van der Waals surface area (Å²) in [6.45, 7) is 7.13. The van der Waals surface area contributed by atoms with Crippen LogP contribution in [-0.4, -0.2) is 41.8 Å². The highest BCUT2D eigenvalue weighted by molar-refractivity contribution is 6.27. The number of carbonyl (C=O) groups is 2. The Balaban J connectivity index is 0.000000626. The minimum atomic E-state index is -1.82. The summed E-state index contributed by atoms with van der Waals surface area (Å²) >= 11 is 0. The molecule has 3 N–H and O–H groups in total. The maximum absolute atomic E-state index is 9.10. The van der Waals surface area contributed by atoms with E-state index in [1.165, 1.54) is 18.4 Å². The van der Waals surface area contributed by atoms with Crippen LogP contribution in [0.4, 0.5) is 0 Å². The second-order valence-electron chi connectivity index (χ2n) is 4.56. The highest BCUT2D eigenvalue weighted by Gasteiger charge is 2.04. The maximum Gasteiger partial charge on any atom is 0.414 e. The van der Waals surface area contributed by atoms with Crippen molar-refractivity contribution in [3.8, 4) is 5.75 Å². The molecule has 0 unspecified atom stereocenters. The molecule has 0 radical (unpaired) electrons. The molecular weight excluding hydrogens is 286 g/mol. The standard InChI is InChI=1S/C14H23NO.C2H2O4/c1-3-5-10-15-11-12-16-14-8-6-13(4-2)7-9-14;3-1(4)2(5)6/h6-9,15H,3-5,10-12H2,1-2H3;(H,3,4)(H,5,6). The molecule has 0 saturated carbocycles. The number of aliphatic carboxylic acids is 2. The zero-order chi connectivity index (χ0) is 16.8. The first-order chi connectivity index (χ1) is 10.5. The second kappa shape index (κ2) is 12.6. The van der Waals surface area contributed by atoms with Gasteiger partial charge in [-0.3, -0.25) is 0 Å². The number of carboxylic acid groups (broad SMARTS) is 2.